The Morgan fingerprint density at radius 2 is 1.83 bits per heavy atom. The second-order valence-corrected chi connectivity index (χ2v) is 8.79. The highest BCUT2D eigenvalue weighted by atomic mass is 32.2. The fourth-order valence-electron chi connectivity index (χ4n) is 2.34. The van der Waals surface area contributed by atoms with Gasteiger partial charge in [0.25, 0.3) is 10.0 Å². The van der Waals surface area contributed by atoms with Crippen LogP contribution in [0.3, 0.4) is 0 Å². The lowest BCUT2D eigenvalue weighted by Crippen LogP contribution is -2.50. The zero-order chi connectivity index (χ0) is 17.9. The number of aromatic nitrogens is 2. The number of likely N-dealkylation sites (tertiary alicyclic amines) is 1. The molecule has 1 aliphatic rings. The van der Waals surface area contributed by atoms with Crippen molar-refractivity contribution in [1.29, 1.82) is 0 Å². The molecular formula is C13H21N5O4S2. The van der Waals surface area contributed by atoms with Crippen molar-refractivity contribution in [2.75, 3.05) is 18.4 Å². The summed E-state index contributed by atoms with van der Waals surface area (Å²) < 4.78 is 27.1. The molecule has 1 aromatic rings. The maximum absolute atomic E-state index is 12.6. The minimum atomic E-state index is -4.00. The fourth-order valence-corrected chi connectivity index (χ4v) is 4.64. The van der Waals surface area contributed by atoms with E-state index in [-0.39, 0.29) is 27.2 Å². The fraction of sp³-hybridized carbons (Fsp3) is 0.692. The average molecular weight is 375 g/mol. The van der Waals surface area contributed by atoms with Crippen molar-refractivity contribution in [2.45, 2.75) is 44.0 Å². The lowest BCUT2D eigenvalue weighted by atomic mass is 10.0. The number of nitrogens with one attached hydrogen (secondary N) is 2. The first-order valence-corrected chi connectivity index (χ1v) is 9.93. The number of hydrogen-bond donors (Lipinski definition) is 2. The minimum absolute atomic E-state index is 0.0924. The Labute approximate surface area is 144 Å². The molecule has 0 spiro atoms. The second kappa shape index (κ2) is 7.53. The molecule has 0 bridgehead atoms. The highest BCUT2D eigenvalue weighted by molar-refractivity contribution is 7.91. The van der Waals surface area contributed by atoms with Crippen molar-refractivity contribution in [3.8, 4) is 0 Å². The molecule has 1 aliphatic heterocycles. The topological polar surface area (TPSA) is 121 Å². The van der Waals surface area contributed by atoms with Gasteiger partial charge in [0.2, 0.25) is 21.3 Å². The molecule has 11 heteroatoms. The Morgan fingerprint density at radius 1 is 1.21 bits per heavy atom. The molecule has 2 amide bonds. The van der Waals surface area contributed by atoms with Gasteiger partial charge in [0, 0.05) is 20.0 Å². The van der Waals surface area contributed by atoms with Gasteiger partial charge in [0.15, 0.2) is 0 Å². The van der Waals surface area contributed by atoms with Gasteiger partial charge in [-0.25, -0.2) is 8.42 Å². The number of hydrogen-bond acceptors (Lipinski definition) is 7. The highest BCUT2D eigenvalue weighted by Crippen LogP contribution is 2.21. The van der Waals surface area contributed by atoms with Gasteiger partial charge in [-0.05, 0) is 18.8 Å². The Hall–Kier alpha value is -1.59. The molecule has 0 radical (unpaired) electrons. The van der Waals surface area contributed by atoms with Crippen LogP contribution in [-0.4, -0.2) is 54.5 Å². The minimum Gasteiger partial charge on any atom is -0.341 e. The summed E-state index contributed by atoms with van der Waals surface area (Å²) >= 11 is 0.736. The third-order valence-electron chi connectivity index (χ3n) is 3.55. The van der Waals surface area contributed by atoms with Gasteiger partial charge < -0.3 is 10.2 Å². The monoisotopic (exact) mass is 375 g/mol. The first-order valence-electron chi connectivity index (χ1n) is 7.63. The molecule has 134 valence electrons. The maximum Gasteiger partial charge on any atom is 0.270 e. The van der Waals surface area contributed by atoms with Crippen LogP contribution in [0, 0.1) is 5.92 Å². The summed E-state index contributed by atoms with van der Waals surface area (Å²) in [4.78, 5) is 25.2. The summed E-state index contributed by atoms with van der Waals surface area (Å²) in [5.74, 6) is -0.805. The Morgan fingerprint density at radius 3 is 2.38 bits per heavy atom. The van der Waals surface area contributed by atoms with Crippen LogP contribution in [0.5, 0.6) is 0 Å². The molecule has 0 saturated carbocycles. The molecule has 0 aliphatic carbocycles. The van der Waals surface area contributed by atoms with Crippen molar-refractivity contribution >= 4 is 38.3 Å². The average Bonchev–Trinajstić information content (AvgIpc) is 3.14. The molecule has 1 aromatic heterocycles. The van der Waals surface area contributed by atoms with Gasteiger partial charge in [0.05, 0.1) is 0 Å². The van der Waals surface area contributed by atoms with Gasteiger partial charge in [-0.3, -0.25) is 9.59 Å². The summed E-state index contributed by atoms with van der Waals surface area (Å²) in [6.07, 6.45) is 1.86. The van der Waals surface area contributed by atoms with Gasteiger partial charge >= 0.3 is 0 Å². The van der Waals surface area contributed by atoms with E-state index >= 15 is 0 Å². The maximum atomic E-state index is 12.6. The molecule has 9 nitrogen and oxygen atoms in total. The van der Waals surface area contributed by atoms with Crippen LogP contribution < -0.4 is 10.0 Å². The van der Waals surface area contributed by atoms with E-state index in [2.05, 4.69) is 20.2 Å². The van der Waals surface area contributed by atoms with Crippen LogP contribution >= 0.6 is 11.3 Å². The first kappa shape index (κ1) is 18.7. The standard InChI is InChI=1S/C13H21N5O4S2/c1-8(2)10(11(20)18-6-4-5-7-18)17-24(21,22)13-16-15-12(23-13)14-9(3)19/h8,10,17H,4-7H2,1-3H3,(H,14,15,19)/t10-/m0/s1. The number of nitrogens with zero attached hydrogens (tertiary/aromatic N) is 3. The Balaban J connectivity index is 2.16. The smallest absolute Gasteiger partial charge is 0.270 e. The SMILES string of the molecule is CC(=O)Nc1nnc(S(=O)(=O)N[C@H](C(=O)N2CCCC2)C(C)C)s1. The van der Waals surface area contributed by atoms with Crippen LogP contribution in [0.4, 0.5) is 5.13 Å². The van der Waals surface area contributed by atoms with Crippen molar-refractivity contribution in [3.63, 3.8) is 0 Å². The highest BCUT2D eigenvalue weighted by Gasteiger charge is 2.34. The molecule has 24 heavy (non-hydrogen) atoms. The molecule has 2 heterocycles. The van der Waals surface area contributed by atoms with Crippen LogP contribution in [0.25, 0.3) is 0 Å². The largest absolute Gasteiger partial charge is 0.341 e. The van der Waals surface area contributed by atoms with Gasteiger partial charge in [-0.2, -0.15) is 4.72 Å². The molecule has 1 fully saturated rings. The van der Waals surface area contributed by atoms with Crippen LogP contribution in [0.1, 0.15) is 33.6 Å². The summed E-state index contributed by atoms with van der Waals surface area (Å²) in [5, 5.41) is 9.68. The van der Waals surface area contributed by atoms with E-state index in [1.54, 1.807) is 18.7 Å². The molecule has 2 N–H and O–H groups in total. The van der Waals surface area contributed by atoms with Gasteiger partial charge in [-0.1, -0.05) is 25.2 Å². The van der Waals surface area contributed by atoms with Crippen molar-refractivity contribution < 1.29 is 18.0 Å². The van der Waals surface area contributed by atoms with E-state index in [1.165, 1.54) is 6.92 Å². The predicted molar refractivity (Wildman–Crippen MR) is 89.0 cm³/mol. The third-order valence-corrected chi connectivity index (χ3v) is 6.20. The van der Waals surface area contributed by atoms with Gasteiger partial charge in [-0.15, -0.1) is 10.2 Å². The van der Waals surface area contributed by atoms with Gasteiger partial charge in [0.1, 0.15) is 6.04 Å². The third kappa shape index (κ3) is 4.48. The number of amides is 2. The van der Waals surface area contributed by atoms with Crippen LogP contribution in [0.15, 0.2) is 4.34 Å². The number of rotatable bonds is 6. The molecule has 0 aromatic carbocycles. The van der Waals surface area contributed by atoms with Crippen molar-refractivity contribution in [2.24, 2.45) is 5.92 Å². The number of anilines is 1. The summed E-state index contributed by atoms with van der Waals surface area (Å²) in [7, 11) is -4.00. The summed E-state index contributed by atoms with van der Waals surface area (Å²) in [6, 6.07) is -0.860. The van der Waals surface area contributed by atoms with E-state index in [0.29, 0.717) is 13.1 Å². The normalized spacial score (nSPS) is 16.4. The van der Waals surface area contributed by atoms with E-state index in [4.69, 9.17) is 0 Å². The molecule has 0 unspecified atom stereocenters. The number of carbonyl (C=O) groups is 2. The zero-order valence-electron chi connectivity index (χ0n) is 13.8. The molecule has 2 rings (SSSR count). The molecular weight excluding hydrogens is 354 g/mol. The lowest BCUT2D eigenvalue weighted by Gasteiger charge is -2.26. The molecule has 1 saturated heterocycles. The zero-order valence-corrected chi connectivity index (χ0v) is 15.4. The van der Waals surface area contributed by atoms with Crippen molar-refractivity contribution in [1.82, 2.24) is 19.8 Å². The first-order chi connectivity index (χ1) is 11.2. The van der Waals surface area contributed by atoms with E-state index in [0.717, 1.165) is 24.2 Å². The summed E-state index contributed by atoms with van der Waals surface area (Å²) in [6.45, 7) is 6.15. The lowest BCUT2D eigenvalue weighted by molar-refractivity contribution is -0.132. The number of carbonyl (C=O) groups excluding carboxylic acids is 2. The quantitative estimate of drug-likeness (QED) is 0.695. The predicted octanol–water partition coefficient (Wildman–Crippen LogP) is 0.422. The van der Waals surface area contributed by atoms with E-state index < -0.39 is 16.1 Å². The van der Waals surface area contributed by atoms with Crippen molar-refractivity contribution in [3.05, 3.63) is 0 Å². The Kier molecular flexibility index (Phi) is 5.88. The molecule has 1 atom stereocenters. The van der Waals surface area contributed by atoms with Crippen LogP contribution in [-0.2, 0) is 19.6 Å². The van der Waals surface area contributed by atoms with E-state index in [9.17, 15) is 18.0 Å². The Bertz CT molecular complexity index is 710. The summed E-state index contributed by atoms with van der Waals surface area (Å²) in [5.41, 5.74) is 0. The van der Waals surface area contributed by atoms with E-state index in [1.807, 2.05) is 0 Å². The van der Waals surface area contributed by atoms with Crippen LogP contribution in [0.2, 0.25) is 0 Å². The second-order valence-electron chi connectivity index (χ2n) is 5.93. The number of sulfonamides is 1.